The number of aliphatic carboxylic acids is 1. The molecule has 0 spiro atoms. The van der Waals surface area contributed by atoms with Gasteiger partial charge >= 0.3 is 5.97 Å². The standard InChI is InChI=1S/C19H36O5/c1-2-3-4-5-9-14-24-18-15(12-13-16(18)20)10-7-6-8-11-17(21)19(22)23/h15-18,20-21H,2-14H2,1H3,(H,22,23)/t15-,16+,17-,18+/m0/s1. The highest BCUT2D eigenvalue weighted by atomic mass is 16.5. The lowest BCUT2D eigenvalue weighted by Crippen LogP contribution is -2.29. The van der Waals surface area contributed by atoms with Gasteiger partial charge in [0.15, 0.2) is 6.10 Å². The lowest BCUT2D eigenvalue weighted by Gasteiger charge is -2.23. The summed E-state index contributed by atoms with van der Waals surface area (Å²) in [5.74, 6) is -0.721. The average molecular weight is 344 g/mol. The maximum atomic E-state index is 10.5. The molecule has 5 heteroatoms. The Kier molecular flexibility index (Phi) is 11.3. The molecule has 1 rings (SSSR count). The van der Waals surface area contributed by atoms with Crippen molar-refractivity contribution in [2.75, 3.05) is 6.61 Å². The molecule has 24 heavy (non-hydrogen) atoms. The number of carboxylic acids is 1. The molecule has 0 amide bonds. The molecule has 0 aromatic rings. The molecule has 142 valence electrons. The number of carboxylic acid groups (broad SMARTS) is 1. The zero-order chi connectivity index (χ0) is 17.8. The molecule has 0 aromatic heterocycles. The maximum Gasteiger partial charge on any atom is 0.332 e. The highest BCUT2D eigenvalue weighted by molar-refractivity contribution is 5.71. The largest absolute Gasteiger partial charge is 0.479 e. The second-order valence-electron chi connectivity index (χ2n) is 7.15. The van der Waals surface area contributed by atoms with Gasteiger partial charge in [-0.25, -0.2) is 4.79 Å². The van der Waals surface area contributed by atoms with Crippen LogP contribution in [0.5, 0.6) is 0 Å². The zero-order valence-corrected chi connectivity index (χ0v) is 15.2. The van der Waals surface area contributed by atoms with E-state index >= 15 is 0 Å². The van der Waals surface area contributed by atoms with Crippen LogP contribution in [0, 0.1) is 5.92 Å². The zero-order valence-electron chi connectivity index (χ0n) is 15.2. The normalized spacial score (nSPS) is 25.0. The number of hydrogen-bond donors (Lipinski definition) is 3. The van der Waals surface area contributed by atoms with E-state index in [0.717, 1.165) is 51.6 Å². The van der Waals surface area contributed by atoms with Crippen molar-refractivity contribution in [1.29, 1.82) is 0 Å². The minimum Gasteiger partial charge on any atom is -0.479 e. The van der Waals surface area contributed by atoms with Gasteiger partial charge < -0.3 is 20.1 Å². The number of unbranched alkanes of at least 4 members (excludes halogenated alkanes) is 6. The molecule has 0 aromatic carbocycles. The number of aliphatic hydroxyl groups is 2. The molecule has 1 aliphatic carbocycles. The van der Waals surface area contributed by atoms with Gasteiger partial charge in [-0.3, -0.25) is 0 Å². The van der Waals surface area contributed by atoms with Crippen molar-refractivity contribution < 1.29 is 24.9 Å². The fraction of sp³-hybridized carbons (Fsp3) is 0.947. The Morgan fingerprint density at radius 2 is 1.79 bits per heavy atom. The quantitative estimate of drug-likeness (QED) is 0.420. The number of aliphatic hydroxyl groups excluding tert-OH is 2. The first-order chi connectivity index (χ1) is 11.6. The predicted octanol–water partition coefficient (Wildman–Crippen LogP) is 3.51. The summed E-state index contributed by atoms with van der Waals surface area (Å²) in [6, 6.07) is 0. The van der Waals surface area contributed by atoms with Gasteiger partial charge in [0.2, 0.25) is 0 Å². The fourth-order valence-corrected chi connectivity index (χ4v) is 3.55. The maximum absolute atomic E-state index is 10.5. The van der Waals surface area contributed by atoms with E-state index in [2.05, 4.69) is 6.92 Å². The number of ether oxygens (including phenoxy) is 1. The van der Waals surface area contributed by atoms with Crippen molar-refractivity contribution in [1.82, 2.24) is 0 Å². The van der Waals surface area contributed by atoms with Crippen molar-refractivity contribution in [3.63, 3.8) is 0 Å². The molecular weight excluding hydrogens is 308 g/mol. The third-order valence-electron chi connectivity index (χ3n) is 5.07. The summed E-state index contributed by atoms with van der Waals surface area (Å²) in [5, 5.41) is 28.0. The monoisotopic (exact) mass is 344 g/mol. The van der Waals surface area contributed by atoms with E-state index in [9.17, 15) is 15.0 Å². The van der Waals surface area contributed by atoms with Gasteiger partial charge in [-0.05, 0) is 38.0 Å². The lowest BCUT2D eigenvalue weighted by molar-refractivity contribution is -0.146. The van der Waals surface area contributed by atoms with Crippen molar-refractivity contribution >= 4 is 5.97 Å². The van der Waals surface area contributed by atoms with Crippen molar-refractivity contribution in [2.24, 2.45) is 5.92 Å². The van der Waals surface area contributed by atoms with Gasteiger partial charge in [-0.15, -0.1) is 0 Å². The van der Waals surface area contributed by atoms with Crippen LogP contribution >= 0.6 is 0 Å². The molecule has 1 fully saturated rings. The van der Waals surface area contributed by atoms with Crippen LogP contribution < -0.4 is 0 Å². The molecule has 0 bridgehead atoms. The molecule has 0 radical (unpaired) electrons. The van der Waals surface area contributed by atoms with E-state index in [1.54, 1.807) is 0 Å². The predicted molar refractivity (Wildman–Crippen MR) is 94.0 cm³/mol. The molecule has 1 saturated carbocycles. The van der Waals surface area contributed by atoms with E-state index in [1.807, 2.05) is 0 Å². The molecule has 0 unspecified atom stereocenters. The lowest BCUT2D eigenvalue weighted by atomic mass is 9.96. The highest BCUT2D eigenvalue weighted by Gasteiger charge is 2.35. The Labute approximate surface area is 146 Å². The number of rotatable bonds is 14. The van der Waals surface area contributed by atoms with Crippen LogP contribution in [-0.2, 0) is 9.53 Å². The summed E-state index contributed by atoms with van der Waals surface area (Å²) in [4.78, 5) is 10.5. The molecule has 4 atom stereocenters. The van der Waals surface area contributed by atoms with Crippen molar-refractivity contribution in [2.45, 2.75) is 102 Å². The molecule has 0 aliphatic heterocycles. The number of hydrogen-bond acceptors (Lipinski definition) is 4. The molecule has 3 N–H and O–H groups in total. The molecular formula is C19H36O5. The Balaban J connectivity index is 2.13. The van der Waals surface area contributed by atoms with Gasteiger partial charge in [0.1, 0.15) is 0 Å². The van der Waals surface area contributed by atoms with Gasteiger partial charge in [0, 0.05) is 6.61 Å². The summed E-state index contributed by atoms with van der Waals surface area (Å²) in [5.41, 5.74) is 0. The van der Waals surface area contributed by atoms with Crippen molar-refractivity contribution in [3.8, 4) is 0 Å². The van der Waals surface area contributed by atoms with Crippen LogP contribution in [0.3, 0.4) is 0 Å². The van der Waals surface area contributed by atoms with Crippen LogP contribution in [0.1, 0.15) is 84.0 Å². The SMILES string of the molecule is CCCCCCCO[C@@H]1[C@@H](CCCCC[C@H](O)C(=O)O)CC[C@H]1O. The summed E-state index contributed by atoms with van der Waals surface area (Å²) in [6.45, 7) is 2.95. The summed E-state index contributed by atoms with van der Waals surface area (Å²) >= 11 is 0. The Bertz CT molecular complexity index is 334. The molecule has 1 aliphatic rings. The molecule has 0 heterocycles. The average Bonchev–Trinajstić information content (AvgIpc) is 2.90. The fourth-order valence-electron chi connectivity index (χ4n) is 3.55. The van der Waals surface area contributed by atoms with Gasteiger partial charge in [-0.2, -0.15) is 0 Å². The van der Waals surface area contributed by atoms with E-state index in [4.69, 9.17) is 9.84 Å². The van der Waals surface area contributed by atoms with Crippen LogP contribution in [0.15, 0.2) is 0 Å². The van der Waals surface area contributed by atoms with Gasteiger partial charge in [-0.1, -0.05) is 51.9 Å². The smallest absolute Gasteiger partial charge is 0.332 e. The molecule has 0 saturated heterocycles. The van der Waals surface area contributed by atoms with E-state index in [0.29, 0.717) is 12.3 Å². The summed E-state index contributed by atoms with van der Waals surface area (Å²) < 4.78 is 5.97. The first-order valence-corrected chi connectivity index (χ1v) is 9.76. The van der Waals surface area contributed by atoms with Crippen LogP contribution in [0.4, 0.5) is 0 Å². The first-order valence-electron chi connectivity index (χ1n) is 9.76. The summed E-state index contributed by atoms with van der Waals surface area (Å²) in [6.07, 6.45) is 10.3. The van der Waals surface area contributed by atoms with E-state index < -0.39 is 12.1 Å². The third kappa shape index (κ3) is 8.45. The Morgan fingerprint density at radius 3 is 2.50 bits per heavy atom. The number of carbonyl (C=O) groups is 1. The minimum atomic E-state index is -1.23. The van der Waals surface area contributed by atoms with Gasteiger partial charge in [0.25, 0.3) is 0 Å². The third-order valence-corrected chi connectivity index (χ3v) is 5.07. The van der Waals surface area contributed by atoms with E-state index in [1.165, 1.54) is 25.7 Å². The van der Waals surface area contributed by atoms with Crippen molar-refractivity contribution in [3.05, 3.63) is 0 Å². The van der Waals surface area contributed by atoms with Gasteiger partial charge in [0.05, 0.1) is 12.2 Å². The second kappa shape index (κ2) is 12.7. The topological polar surface area (TPSA) is 87.0 Å². The van der Waals surface area contributed by atoms with Crippen LogP contribution in [0.2, 0.25) is 0 Å². The first kappa shape index (κ1) is 21.4. The highest BCUT2D eigenvalue weighted by Crippen LogP contribution is 2.33. The molecule has 5 nitrogen and oxygen atoms in total. The minimum absolute atomic E-state index is 0.0271. The second-order valence-corrected chi connectivity index (χ2v) is 7.15. The summed E-state index contributed by atoms with van der Waals surface area (Å²) in [7, 11) is 0. The van der Waals surface area contributed by atoms with E-state index in [-0.39, 0.29) is 12.2 Å². The Morgan fingerprint density at radius 1 is 1.08 bits per heavy atom. The van der Waals surface area contributed by atoms with Crippen LogP contribution in [-0.4, -0.2) is 46.2 Å². The van der Waals surface area contributed by atoms with Crippen LogP contribution in [0.25, 0.3) is 0 Å². The Hall–Kier alpha value is -0.650.